The Balaban J connectivity index is 1.76. The Kier molecular flexibility index (Phi) is 6.77. The average molecular weight is 405 g/mol. The van der Waals surface area contributed by atoms with E-state index in [9.17, 15) is 4.79 Å². The zero-order chi connectivity index (χ0) is 19.2. The van der Waals surface area contributed by atoms with Crippen molar-refractivity contribution in [3.8, 4) is 5.75 Å². The SMILES string of the molecule is COCCn1c(SCCOc2ccc(C)cc2)nc2cc(Cl)ccc2c1=O. The van der Waals surface area contributed by atoms with E-state index in [0.29, 0.717) is 46.6 Å². The van der Waals surface area contributed by atoms with Crippen LogP contribution < -0.4 is 10.3 Å². The second kappa shape index (κ2) is 9.26. The molecule has 0 saturated carbocycles. The predicted octanol–water partition coefficient (Wildman–Crippen LogP) is 4.18. The number of nitrogens with zero attached hydrogens (tertiary/aromatic N) is 2. The van der Waals surface area contributed by atoms with Crippen molar-refractivity contribution < 1.29 is 9.47 Å². The van der Waals surface area contributed by atoms with Gasteiger partial charge in [-0.3, -0.25) is 9.36 Å². The number of fused-ring (bicyclic) bond motifs is 1. The molecule has 3 rings (SSSR count). The molecule has 0 atom stereocenters. The number of ether oxygens (including phenoxy) is 2. The van der Waals surface area contributed by atoms with Gasteiger partial charge in [0.25, 0.3) is 5.56 Å². The van der Waals surface area contributed by atoms with Gasteiger partial charge in [-0.1, -0.05) is 41.1 Å². The van der Waals surface area contributed by atoms with Gasteiger partial charge in [-0.05, 0) is 37.3 Å². The first kappa shape index (κ1) is 19.7. The Morgan fingerprint density at radius 3 is 2.67 bits per heavy atom. The lowest BCUT2D eigenvalue weighted by Gasteiger charge is -2.13. The summed E-state index contributed by atoms with van der Waals surface area (Å²) in [5, 5.41) is 1.75. The van der Waals surface area contributed by atoms with Gasteiger partial charge in [-0.2, -0.15) is 0 Å². The smallest absolute Gasteiger partial charge is 0.262 e. The Hall–Kier alpha value is -2.02. The number of hydrogen-bond acceptors (Lipinski definition) is 5. The first-order chi connectivity index (χ1) is 13.1. The lowest BCUT2D eigenvalue weighted by molar-refractivity contribution is 0.183. The number of benzene rings is 2. The number of thioether (sulfide) groups is 1. The Morgan fingerprint density at radius 2 is 1.93 bits per heavy atom. The molecular formula is C20H21ClN2O3S. The molecule has 2 aromatic carbocycles. The number of hydrogen-bond donors (Lipinski definition) is 0. The zero-order valence-corrected chi connectivity index (χ0v) is 16.8. The Morgan fingerprint density at radius 1 is 1.15 bits per heavy atom. The topological polar surface area (TPSA) is 53.4 Å². The van der Waals surface area contributed by atoms with Gasteiger partial charge in [-0.15, -0.1) is 0 Å². The van der Waals surface area contributed by atoms with Gasteiger partial charge in [0.2, 0.25) is 0 Å². The van der Waals surface area contributed by atoms with Gasteiger partial charge in [0.1, 0.15) is 5.75 Å². The highest BCUT2D eigenvalue weighted by atomic mass is 35.5. The summed E-state index contributed by atoms with van der Waals surface area (Å²) in [5.41, 5.74) is 1.71. The fourth-order valence-corrected chi connectivity index (χ4v) is 3.60. The predicted molar refractivity (Wildman–Crippen MR) is 110 cm³/mol. The van der Waals surface area contributed by atoms with Gasteiger partial charge in [0, 0.05) is 17.9 Å². The van der Waals surface area contributed by atoms with Gasteiger partial charge in [-0.25, -0.2) is 4.98 Å². The molecular weight excluding hydrogens is 384 g/mol. The maximum absolute atomic E-state index is 12.8. The number of methoxy groups -OCH3 is 1. The van der Waals surface area contributed by atoms with E-state index < -0.39 is 0 Å². The molecule has 0 amide bonds. The van der Waals surface area contributed by atoms with E-state index in [1.54, 1.807) is 29.9 Å². The summed E-state index contributed by atoms with van der Waals surface area (Å²) in [4.78, 5) is 17.5. The number of aromatic nitrogens is 2. The minimum atomic E-state index is -0.0873. The lowest BCUT2D eigenvalue weighted by Crippen LogP contribution is -2.25. The molecule has 27 heavy (non-hydrogen) atoms. The maximum atomic E-state index is 12.8. The van der Waals surface area contributed by atoms with Crippen LogP contribution in [0.5, 0.6) is 5.75 Å². The summed E-state index contributed by atoms with van der Waals surface area (Å²) in [6.45, 7) is 3.44. The highest BCUT2D eigenvalue weighted by molar-refractivity contribution is 7.99. The van der Waals surface area contributed by atoms with Crippen molar-refractivity contribution in [2.24, 2.45) is 0 Å². The van der Waals surface area contributed by atoms with Crippen LogP contribution in [0.1, 0.15) is 5.56 Å². The molecule has 7 heteroatoms. The van der Waals surface area contributed by atoms with Crippen molar-refractivity contribution >= 4 is 34.3 Å². The molecule has 0 saturated heterocycles. The lowest BCUT2D eigenvalue weighted by atomic mass is 10.2. The fraction of sp³-hybridized carbons (Fsp3) is 0.300. The van der Waals surface area contributed by atoms with Gasteiger partial charge < -0.3 is 9.47 Å². The van der Waals surface area contributed by atoms with Crippen LogP contribution in [0.15, 0.2) is 52.4 Å². The molecule has 0 bridgehead atoms. The van der Waals surface area contributed by atoms with E-state index in [2.05, 4.69) is 4.98 Å². The second-order valence-corrected chi connectivity index (χ2v) is 7.51. The van der Waals surface area contributed by atoms with E-state index in [0.717, 1.165) is 5.75 Å². The first-order valence-electron chi connectivity index (χ1n) is 8.60. The van der Waals surface area contributed by atoms with Crippen LogP contribution in [0.2, 0.25) is 5.02 Å². The zero-order valence-electron chi connectivity index (χ0n) is 15.3. The largest absolute Gasteiger partial charge is 0.493 e. The molecule has 5 nitrogen and oxygen atoms in total. The molecule has 0 aliphatic carbocycles. The third-order valence-corrected chi connectivity index (χ3v) is 5.18. The third kappa shape index (κ3) is 5.03. The van der Waals surface area contributed by atoms with Crippen molar-refractivity contribution in [1.82, 2.24) is 9.55 Å². The standard InChI is InChI=1S/C20H21ClN2O3S/c1-14-3-6-16(7-4-14)26-11-12-27-20-22-18-13-15(21)5-8-17(18)19(24)23(20)9-10-25-2/h3-8,13H,9-12H2,1-2H3. The van der Waals surface area contributed by atoms with Crippen molar-refractivity contribution in [1.29, 1.82) is 0 Å². The van der Waals surface area contributed by atoms with Crippen LogP contribution in [-0.4, -0.2) is 35.6 Å². The van der Waals surface area contributed by atoms with Gasteiger partial charge >= 0.3 is 0 Å². The molecule has 0 spiro atoms. The molecule has 0 aliphatic heterocycles. The maximum Gasteiger partial charge on any atom is 0.262 e. The van der Waals surface area contributed by atoms with Crippen LogP contribution in [0.4, 0.5) is 0 Å². The summed E-state index contributed by atoms with van der Waals surface area (Å²) >= 11 is 7.54. The van der Waals surface area contributed by atoms with Crippen LogP contribution >= 0.6 is 23.4 Å². The minimum Gasteiger partial charge on any atom is -0.493 e. The van der Waals surface area contributed by atoms with Crippen LogP contribution in [0.25, 0.3) is 10.9 Å². The molecule has 142 valence electrons. The fourth-order valence-electron chi connectivity index (χ4n) is 2.59. The quantitative estimate of drug-likeness (QED) is 0.320. The molecule has 3 aromatic rings. The molecule has 0 unspecified atom stereocenters. The monoisotopic (exact) mass is 404 g/mol. The first-order valence-corrected chi connectivity index (χ1v) is 9.96. The van der Waals surface area contributed by atoms with Gasteiger partial charge in [0.05, 0.1) is 30.7 Å². The van der Waals surface area contributed by atoms with Crippen LogP contribution in [-0.2, 0) is 11.3 Å². The number of halogens is 1. The molecule has 0 aliphatic rings. The second-order valence-electron chi connectivity index (χ2n) is 6.02. The van der Waals surface area contributed by atoms with Gasteiger partial charge in [0.15, 0.2) is 5.16 Å². The molecule has 1 aromatic heterocycles. The van der Waals surface area contributed by atoms with E-state index >= 15 is 0 Å². The minimum absolute atomic E-state index is 0.0873. The van der Waals surface area contributed by atoms with Crippen LogP contribution in [0.3, 0.4) is 0 Å². The Bertz CT molecular complexity index is 973. The highest BCUT2D eigenvalue weighted by Crippen LogP contribution is 2.21. The summed E-state index contributed by atoms with van der Waals surface area (Å²) in [6, 6.07) is 13.1. The van der Waals surface area contributed by atoms with Crippen molar-refractivity contribution in [2.75, 3.05) is 26.1 Å². The molecule has 0 radical (unpaired) electrons. The Labute approximate surface area is 167 Å². The van der Waals surface area contributed by atoms with Crippen molar-refractivity contribution in [3.63, 3.8) is 0 Å². The number of rotatable bonds is 8. The van der Waals surface area contributed by atoms with E-state index in [4.69, 9.17) is 21.1 Å². The molecule has 0 fully saturated rings. The van der Waals surface area contributed by atoms with Crippen molar-refractivity contribution in [3.05, 3.63) is 63.4 Å². The normalized spacial score (nSPS) is 11.1. The summed E-state index contributed by atoms with van der Waals surface area (Å²) < 4.78 is 12.5. The van der Waals surface area contributed by atoms with E-state index in [-0.39, 0.29) is 5.56 Å². The van der Waals surface area contributed by atoms with Crippen molar-refractivity contribution in [2.45, 2.75) is 18.6 Å². The average Bonchev–Trinajstić information content (AvgIpc) is 2.66. The number of aryl methyl sites for hydroxylation is 1. The summed E-state index contributed by atoms with van der Waals surface area (Å²) in [6.07, 6.45) is 0. The van der Waals surface area contributed by atoms with Crippen LogP contribution in [0, 0.1) is 6.92 Å². The van der Waals surface area contributed by atoms with E-state index in [1.165, 1.54) is 17.3 Å². The summed E-state index contributed by atoms with van der Waals surface area (Å²) in [5.74, 6) is 1.50. The highest BCUT2D eigenvalue weighted by Gasteiger charge is 2.12. The third-order valence-electron chi connectivity index (χ3n) is 4.01. The summed E-state index contributed by atoms with van der Waals surface area (Å²) in [7, 11) is 1.61. The molecule has 1 heterocycles. The van der Waals surface area contributed by atoms with E-state index in [1.807, 2.05) is 31.2 Å². The molecule has 0 N–H and O–H groups in total.